The average Bonchev–Trinajstić information content (AvgIpc) is 2.64. The van der Waals surface area contributed by atoms with Gasteiger partial charge in [-0.1, -0.05) is 20.8 Å². The van der Waals surface area contributed by atoms with Crippen molar-refractivity contribution in [1.82, 2.24) is 10.2 Å². The highest BCUT2D eigenvalue weighted by Gasteiger charge is 2.45. The van der Waals surface area contributed by atoms with Gasteiger partial charge in [0, 0.05) is 12.6 Å². The second-order valence-corrected chi connectivity index (χ2v) is 6.04. The van der Waals surface area contributed by atoms with Crippen molar-refractivity contribution in [3.63, 3.8) is 0 Å². The monoisotopic (exact) mass is 238 g/mol. The van der Waals surface area contributed by atoms with Gasteiger partial charge >= 0.3 is 0 Å². The summed E-state index contributed by atoms with van der Waals surface area (Å²) in [5.74, 6) is 1.03. The molecule has 1 N–H and O–H groups in total. The SMILES string of the molecule is CCC(C(C)C)N1CCC2(CCNC2=O)CC1. The molecule has 0 saturated carbocycles. The van der Waals surface area contributed by atoms with Crippen LogP contribution in [0.25, 0.3) is 0 Å². The molecule has 0 aliphatic carbocycles. The van der Waals surface area contributed by atoms with Crippen LogP contribution in [0, 0.1) is 11.3 Å². The van der Waals surface area contributed by atoms with E-state index in [9.17, 15) is 4.79 Å². The van der Waals surface area contributed by atoms with Crippen molar-refractivity contribution in [2.75, 3.05) is 19.6 Å². The lowest BCUT2D eigenvalue weighted by Gasteiger charge is -2.42. The van der Waals surface area contributed by atoms with Gasteiger partial charge in [-0.2, -0.15) is 0 Å². The van der Waals surface area contributed by atoms with Crippen LogP contribution in [-0.4, -0.2) is 36.5 Å². The number of rotatable bonds is 3. The summed E-state index contributed by atoms with van der Waals surface area (Å²) < 4.78 is 0. The van der Waals surface area contributed by atoms with Gasteiger partial charge in [0.25, 0.3) is 0 Å². The van der Waals surface area contributed by atoms with Gasteiger partial charge < -0.3 is 10.2 Å². The summed E-state index contributed by atoms with van der Waals surface area (Å²) in [7, 11) is 0. The normalized spacial score (nSPS) is 26.5. The number of nitrogens with one attached hydrogen (secondary N) is 1. The van der Waals surface area contributed by atoms with E-state index in [-0.39, 0.29) is 5.41 Å². The molecule has 2 aliphatic heterocycles. The quantitative estimate of drug-likeness (QED) is 0.816. The summed E-state index contributed by atoms with van der Waals surface area (Å²) in [6.45, 7) is 9.98. The zero-order valence-electron chi connectivity index (χ0n) is 11.5. The molecule has 17 heavy (non-hydrogen) atoms. The molecule has 1 spiro atoms. The minimum atomic E-state index is -0.00816. The Kier molecular flexibility index (Phi) is 3.76. The Bertz CT molecular complexity index is 280. The number of likely N-dealkylation sites (tertiary alicyclic amines) is 1. The van der Waals surface area contributed by atoms with Crippen LogP contribution in [0.4, 0.5) is 0 Å². The summed E-state index contributed by atoms with van der Waals surface area (Å²) >= 11 is 0. The highest BCUT2D eigenvalue weighted by molar-refractivity contribution is 5.84. The van der Waals surface area contributed by atoms with E-state index in [0.29, 0.717) is 17.9 Å². The minimum Gasteiger partial charge on any atom is -0.356 e. The van der Waals surface area contributed by atoms with E-state index in [2.05, 4.69) is 31.0 Å². The molecule has 2 fully saturated rings. The third kappa shape index (κ3) is 2.35. The van der Waals surface area contributed by atoms with E-state index >= 15 is 0 Å². The van der Waals surface area contributed by atoms with Gasteiger partial charge in [0.2, 0.25) is 5.91 Å². The fourth-order valence-electron chi connectivity index (χ4n) is 3.63. The van der Waals surface area contributed by atoms with E-state index in [1.54, 1.807) is 0 Å². The lowest BCUT2D eigenvalue weighted by atomic mass is 9.76. The molecular formula is C14H26N2O. The van der Waals surface area contributed by atoms with Crippen LogP contribution < -0.4 is 5.32 Å². The summed E-state index contributed by atoms with van der Waals surface area (Å²) in [6, 6.07) is 0.691. The van der Waals surface area contributed by atoms with Crippen LogP contribution >= 0.6 is 0 Å². The molecule has 1 unspecified atom stereocenters. The second kappa shape index (κ2) is 4.97. The third-order valence-corrected chi connectivity index (χ3v) is 4.78. The fraction of sp³-hybridized carbons (Fsp3) is 0.929. The van der Waals surface area contributed by atoms with Crippen molar-refractivity contribution in [2.45, 2.75) is 52.5 Å². The van der Waals surface area contributed by atoms with Gasteiger partial charge in [0.1, 0.15) is 0 Å². The Morgan fingerprint density at radius 2 is 1.94 bits per heavy atom. The molecule has 0 aromatic heterocycles. The van der Waals surface area contributed by atoms with Gasteiger partial charge in [0.05, 0.1) is 5.41 Å². The maximum Gasteiger partial charge on any atom is 0.226 e. The molecule has 1 amide bonds. The molecule has 2 saturated heterocycles. The van der Waals surface area contributed by atoms with Crippen molar-refractivity contribution in [3.8, 4) is 0 Å². The number of piperidine rings is 1. The van der Waals surface area contributed by atoms with Crippen LogP contribution in [-0.2, 0) is 4.79 Å². The number of nitrogens with zero attached hydrogens (tertiary/aromatic N) is 1. The number of hydrogen-bond donors (Lipinski definition) is 1. The van der Waals surface area contributed by atoms with Gasteiger partial charge in [-0.15, -0.1) is 0 Å². The molecule has 1 atom stereocenters. The number of carbonyl (C=O) groups is 1. The van der Waals surface area contributed by atoms with Gasteiger partial charge in [-0.25, -0.2) is 0 Å². The highest BCUT2D eigenvalue weighted by atomic mass is 16.2. The molecule has 0 aromatic carbocycles. The largest absolute Gasteiger partial charge is 0.356 e. The molecule has 3 nitrogen and oxygen atoms in total. The Hall–Kier alpha value is -0.570. The molecule has 0 aromatic rings. The molecule has 0 radical (unpaired) electrons. The lowest BCUT2D eigenvalue weighted by Crippen LogP contribution is -2.49. The first kappa shape index (κ1) is 12.9. The van der Waals surface area contributed by atoms with Crippen molar-refractivity contribution in [3.05, 3.63) is 0 Å². The first-order chi connectivity index (χ1) is 8.09. The zero-order chi connectivity index (χ0) is 12.5. The summed E-state index contributed by atoms with van der Waals surface area (Å²) in [5.41, 5.74) is -0.00816. The maximum atomic E-state index is 11.9. The standard InChI is InChI=1S/C14H26N2O/c1-4-12(11(2)3)16-9-6-14(7-10-16)5-8-15-13(14)17/h11-12H,4-10H2,1-3H3,(H,15,17). The van der Waals surface area contributed by atoms with E-state index in [1.165, 1.54) is 6.42 Å². The van der Waals surface area contributed by atoms with E-state index < -0.39 is 0 Å². The summed E-state index contributed by atoms with van der Waals surface area (Å²) in [5, 5.41) is 3.00. The Morgan fingerprint density at radius 1 is 1.29 bits per heavy atom. The van der Waals surface area contributed by atoms with Crippen molar-refractivity contribution in [1.29, 1.82) is 0 Å². The molecule has 2 rings (SSSR count). The number of hydrogen-bond acceptors (Lipinski definition) is 2. The average molecular weight is 238 g/mol. The smallest absolute Gasteiger partial charge is 0.226 e. The van der Waals surface area contributed by atoms with E-state index in [0.717, 1.165) is 38.9 Å². The Labute approximate surface area is 105 Å². The van der Waals surface area contributed by atoms with Crippen LogP contribution in [0.5, 0.6) is 0 Å². The van der Waals surface area contributed by atoms with Crippen molar-refractivity contribution in [2.24, 2.45) is 11.3 Å². The van der Waals surface area contributed by atoms with Crippen LogP contribution in [0.15, 0.2) is 0 Å². The second-order valence-electron chi connectivity index (χ2n) is 6.04. The first-order valence-electron chi connectivity index (χ1n) is 7.11. The van der Waals surface area contributed by atoms with Crippen LogP contribution in [0.3, 0.4) is 0 Å². The Balaban J connectivity index is 1.95. The topological polar surface area (TPSA) is 32.3 Å². The lowest BCUT2D eigenvalue weighted by molar-refractivity contribution is -0.130. The molecule has 2 aliphatic rings. The molecule has 0 bridgehead atoms. The molecule has 2 heterocycles. The summed E-state index contributed by atoms with van der Waals surface area (Å²) in [4.78, 5) is 14.5. The van der Waals surface area contributed by atoms with Crippen molar-refractivity contribution >= 4 is 5.91 Å². The molecular weight excluding hydrogens is 212 g/mol. The predicted molar refractivity (Wildman–Crippen MR) is 69.8 cm³/mol. The Morgan fingerprint density at radius 3 is 2.35 bits per heavy atom. The minimum absolute atomic E-state index is 0.00816. The van der Waals surface area contributed by atoms with Gasteiger partial charge in [-0.3, -0.25) is 4.79 Å². The van der Waals surface area contributed by atoms with Gasteiger partial charge in [-0.05, 0) is 44.7 Å². The highest BCUT2D eigenvalue weighted by Crippen LogP contribution is 2.39. The van der Waals surface area contributed by atoms with Crippen LogP contribution in [0.2, 0.25) is 0 Å². The summed E-state index contributed by atoms with van der Waals surface area (Å²) in [6.07, 6.45) is 4.39. The van der Waals surface area contributed by atoms with Crippen LogP contribution in [0.1, 0.15) is 46.5 Å². The predicted octanol–water partition coefficient (Wildman–Crippen LogP) is 2.02. The van der Waals surface area contributed by atoms with E-state index in [4.69, 9.17) is 0 Å². The maximum absolute atomic E-state index is 11.9. The fourth-order valence-corrected chi connectivity index (χ4v) is 3.63. The number of amides is 1. The molecule has 98 valence electrons. The number of carbonyl (C=O) groups excluding carboxylic acids is 1. The first-order valence-corrected chi connectivity index (χ1v) is 7.11. The molecule has 3 heteroatoms. The zero-order valence-corrected chi connectivity index (χ0v) is 11.5. The van der Waals surface area contributed by atoms with E-state index in [1.807, 2.05) is 0 Å². The van der Waals surface area contributed by atoms with Gasteiger partial charge in [0.15, 0.2) is 0 Å². The third-order valence-electron chi connectivity index (χ3n) is 4.78. The van der Waals surface area contributed by atoms with Crippen molar-refractivity contribution < 1.29 is 4.79 Å².